The van der Waals surface area contributed by atoms with Crippen molar-refractivity contribution in [2.45, 2.75) is 6.92 Å². The van der Waals surface area contributed by atoms with Crippen LogP contribution in [-0.4, -0.2) is 31.4 Å². The van der Waals surface area contributed by atoms with E-state index in [0.29, 0.717) is 22.5 Å². The molecule has 2 aromatic carbocycles. The van der Waals surface area contributed by atoms with Gasteiger partial charge in [0, 0.05) is 12.6 Å². The highest BCUT2D eigenvalue weighted by atomic mass is 16.5. The van der Waals surface area contributed by atoms with Crippen LogP contribution in [-0.2, 0) is 14.3 Å². The lowest BCUT2D eigenvalue weighted by Crippen LogP contribution is -2.36. The van der Waals surface area contributed by atoms with E-state index in [1.807, 2.05) is 6.07 Å². The molecule has 0 saturated heterocycles. The van der Waals surface area contributed by atoms with Gasteiger partial charge in [-0.2, -0.15) is 5.26 Å². The minimum absolute atomic E-state index is 0.229. The van der Waals surface area contributed by atoms with E-state index in [9.17, 15) is 14.4 Å². The molecule has 0 aliphatic rings. The van der Waals surface area contributed by atoms with E-state index in [-0.39, 0.29) is 12.5 Å². The molecule has 2 amide bonds. The Hall–Kier alpha value is -3.66. The maximum Gasteiger partial charge on any atom is 0.337 e. The Morgan fingerprint density at radius 1 is 1.12 bits per heavy atom. The maximum atomic E-state index is 12.3. The van der Waals surface area contributed by atoms with Gasteiger partial charge in [0.2, 0.25) is 11.8 Å². The summed E-state index contributed by atoms with van der Waals surface area (Å²) in [6.45, 7) is 1.11. The number of carbonyl (C=O) groups is 3. The lowest BCUT2D eigenvalue weighted by molar-refractivity contribution is -0.120. The van der Waals surface area contributed by atoms with Crippen molar-refractivity contribution in [3.63, 3.8) is 0 Å². The van der Waals surface area contributed by atoms with Crippen molar-refractivity contribution >= 4 is 29.2 Å². The Morgan fingerprint density at radius 3 is 2.35 bits per heavy atom. The molecule has 132 valence electrons. The SMILES string of the molecule is COC(=O)c1ccc(N(CC(=O)Nc2ccccc2C#N)C(C)=O)cc1. The zero-order valence-electron chi connectivity index (χ0n) is 14.4. The van der Waals surface area contributed by atoms with Crippen molar-refractivity contribution in [3.8, 4) is 6.07 Å². The van der Waals surface area contributed by atoms with Crippen LogP contribution in [0.4, 0.5) is 11.4 Å². The summed E-state index contributed by atoms with van der Waals surface area (Å²) in [5, 5.41) is 11.7. The fourth-order valence-electron chi connectivity index (χ4n) is 2.30. The molecular weight excluding hydrogens is 334 g/mol. The molecule has 0 fully saturated rings. The van der Waals surface area contributed by atoms with E-state index in [0.717, 1.165) is 0 Å². The van der Waals surface area contributed by atoms with Crippen molar-refractivity contribution in [2.24, 2.45) is 0 Å². The van der Waals surface area contributed by atoms with Crippen molar-refractivity contribution in [2.75, 3.05) is 23.9 Å². The van der Waals surface area contributed by atoms with E-state index >= 15 is 0 Å². The summed E-state index contributed by atoms with van der Waals surface area (Å²) in [5.41, 5.74) is 1.52. The highest BCUT2D eigenvalue weighted by molar-refractivity contribution is 6.02. The second-order valence-electron chi connectivity index (χ2n) is 5.35. The fraction of sp³-hybridized carbons (Fsp3) is 0.158. The van der Waals surface area contributed by atoms with Crippen LogP contribution in [0.5, 0.6) is 0 Å². The third-order valence-corrected chi connectivity index (χ3v) is 3.60. The first kappa shape index (κ1) is 18.7. The smallest absolute Gasteiger partial charge is 0.337 e. The summed E-state index contributed by atoms with van der Waals surface area (Å²) in [5.74, 6) is -1.27. The number of anilines is 2. The number of methoxy groups -OCH3 is 1. The first-order chi connectivity index (χ1) is 12.5. The zero-order valence-corrected chi connectivity index (χ0v) is 14.4. The molecule has 7 heteroatoms. The lowest BCUT2D eigenvalue weighted by Gasteiger charge is -2.21. The number of carbonyl (C=O) groups excluding carboxylic acids is 3. The van der Waals surface area contributed by atoms with Gasteiger partial charge < -0.3 is 15.0 Å². The minimum Gasteiger partial charge on any atom is -0.465 e. The number of benzene rings is 2. The normalized spacial score (nSPS) is 9.73. The number of hydrogen-bond acceptors (Lipinski definition) is 5. The molecule has 0 saturated carbocycles. The number of rotatable bonds is 5. The Bertz CT molecular complexity index is 869. The molecule has 2 rings (SSSR count). The molecule has 0 atom stereocenters. The minimum atomic E-state index is -0.489. The molecule has 0 bridgehead atoms. The molecule has 0 spiro atoms. The van der Waals surface area contributed by atoms with Crippen LogP contribution in [0.25, 0.3) is 0 Å². The van der Waals surface area contributed by atoms with Crippen LogP contribution in [0.1, 0.15) is 22.8 Å². The highest BCUT2D eigenvalue weighted by Crippen LogP contribution is 2.17. The standard InChI is InChI=1S/C19H17N3O4/c1-13(23)22(16-9-7-14(8-10-16)19(25)26-2)12-18(24)21-17-6-4-3-5-15(17)11-20/h3-10H,12H2,1-2H3,(H,21,24). The topological polar surface area (TPSA) is 99.5 Å². The van der Waals surface area contributed by atoms with Gasteiger partial charge >= 0.3 is 5.97 Å². The Balaban J connectivity index is 2.15. The first-order valence-corrected chi connectivity index (χ1v) is 7.71. The third kappa shape index (κ3) is 4.45. The molecule has 0 radical (unpaired) electrons. The van der Waals surface area contributed by atoms with Crippen molar-refractivity contribution < 1.29 is 19.1 Å². The summed E-state index contributed by atoms with van der Waals surface area (Å²) in [7, 11) is 1.28. The van der Waals surface area contributed by atoms with Gasteiger partial charge in [0.15, 0.2) is 0 Å². The molecular formula is C19H17N3O4. The highest BCUT2D eigenvalue weighted by Gasteiger charge is 2.17. The lowest BCUT2D eigenvalue weighted by atomic mass is 10.2. The second kappa shape index (κ2) is 8.44. The Kier molecular flexibility index (Phi) is 6.06. The number of esters is 1. The number of ether oxygens (including phenoxy) is 1. The van der Waals surface area contributed by atoms with Gasteiger partial charge in [-0.05, 0) is 36.4 Å². The molecule has 0 aliphatic carbocycles. The van der Waals surface area contributed by atoms with E-state index < -0.39 is 11.9 Å². The summed E-state index contributed by atoms with van der Waals surface area (Å²) in [6, 6.07) is 14.7. The Labute approximate surface area is 150 Å². The van der Waals surface area contributed by atoms with Crippen LogP contribution in [0.2, 0.25) is 0 Å². The molecule has 7 nitrogen and oxygen atoms in total. The first-order valence-electron chi connectivity index (χ1n) is 7.71. The van der Waals surface area contributed by atoms with Crippen LogP contribution in [0, 0.1) is 11.3 Å². The van der Waals surface area contributed by atoms with Gasteiger partial charge in [0.05, 0.1) is 23.9 Å². The maximum absolute atomic E-state index is 12.3. The molecule has 2 aromatic rings. The zero-order chi connectivity index (χ0) is 19.1. The van der Waals surface area contributed by atoms with Gasteiger partial charge in [-0.1, -0.05) is 12.1 Å². The number of nitrogens with zero attached hydrogens (tertiary/aromatic N) is 2. The number of nitrogens with one attached hydrogen (secondary N) is 1. The molecule has 0 aromatic heterocycles. The monoisotopic (exact) mass is 351 g/mol. The quantitative estimate of drug-likeness (QED) is 0.834. The van der Waals surface area contributed by atoms with Crippen LogP contribution < -0.4 is 10.2 Å². The van der Waals surface area contributed by atoms with Gasteiger partial charge in [0.1, 0.15) is 12.6 Å². The number of para-hydroxylation sites is 1. The van der Waals surface area contributed by atoms with E-state index in [1.165, 1.54) is 31.1 Å². The van der Waals surface area contributed by atoms with Crippen molar-refractivity contribution in [3.05, 3.63) is 59.7 Å². The number of hydrogen-bond donors (Lipinski definition) is 1. The summed E-state index contributed by atoms with van der Waals surface area (Å²) < 4.78 is 4.63. The number of nitriles is 1. The molecule has 26 heavy (non-hydrogen) atoms. The van der Waals surface area contributed by atoms with Crippen LogP contribution in [0.3, 0.4) is 0 Å². The van der Waals surface area contributed by atoms with E-state index in [2.05, 4.69) is 10.1 Å². The van der Waals surface area contributed by atoms with Gasteiger partial charge in [0.25, 0.3) is 0 Å². The average Bonchev–Trinajstić information content (AvgIpc) is 2.66. The van der Waals surface area contributed by atoms with Crippen LogP contribution in [0.15, 0.2) is 48.5 Å². The van der Waals surface area contributed by atoms with Crippen molar-refractivity contribution in [1.82, 2.24) is 0 Å². The van der Waals surface area contributed by atoms with Gasteiger partial charge in [-0.15, -0.1) is 0 Å². The molecule has 0 aliphatic heterocycles. The average molecular weight is 351 g/mol. The summed E-state index contributed by atoms with van der Waals surface area (Å²) in [6.07, 6.45) is 0. The van der Waals surface area contributed by atoms with Crippen LogP contribution >= 0.6 is 0 Å². The van der Waals surface area contributed by atoms with E-state index in [4.69, 9.17) is 5.26 Å². The Morgan fingerprint density at radius 2 is 1.77 bits per heavy atom. The number of amides is 2. The van der Waals surface area contributed by atoms with Gasteiger partial charge in [-0.25, -0.2) is 4.79 Å². The summed E-state index contributed by atoms with van der Waals surface area (Å²) >= 11 is 0. The van der Waals surface area contributed by atoms with Crippen molar-refractivity contribution in [1.29, 1.82) is 5.26 Å². The predicted molar refractivity (Wildman–Crippen MR) is 95.6 cm³/mol. The summed E-state index contributed by atoms with van der Waals surface area (Å²) in [4.78, 5) is 37.0. The van der Waals surface area contributed by atoms with E-state index in [1.54, 1.807) is 36.4 Å². The molecule has 0 unspecified atom stereocenters. The molecule has 1 N–H and O–H groups in total. The third-order valence-electron chi connectivity index (χ3n) is 3.60. The van der Waals surface area contributed by atoms with Gasteiger partial charge in [-0.3, -0.25) is 9.59 Å². The second-order valence-corrected chi connectivity index (χ2v) is 5.35. The predicted octanol–water partition coefficient (Wildman–Crippen LogP) is 2.34. The fourth-order valence-corrected chi connectivity index (χ4v) is 2.30. The molecule has 0 heterocycles. The largest absolute Gasteiger partial charge is 0.465 e.